The molecule has 2 heterocycles. The van der Waals surface area contributed by atoms with Crippen LogP contribution in [0.15, 0.2) is 77.0 Å². The van der Waals surface area contributed by atoms with Crippen LogP contribution in [0.1, 0.15) is 24.0 Å². The molecule has 3 aromatic rings. The quantitative estimate of drug-likeness (QED) is 0.468. The van der Waals surface area contributed by atoms with Gasteiger partial charge in [0.2, 0.25) is 5.91 Å². The Labute approximate surface area is 198 Å². The zero-order valence-electron chi connectivity index (χ0n) is 17.6. The molecule has 0 spiro atoms. The second kappa shape index (κ2) is 10.2. The van der Waals surface area contributed by atoms with Gasteiger partial charge in [0.05, 0.1) is 10.3 Å². The molecule has 0 bridgehead atoms. The van der Waals surface area contributed by atoms with Crippen LogP contribution in [-0.2, 0) is 27.9 Å². The van der Waals surface area contributed by atoms with E-state index >= 15 is 0 Å². The first-order valence-corrected chi connectivity index (χ1v) is 13.2. The maximum atomic E-state index is 13.6. The van der Waals surface area contributed by atoms with Gasteiger partial charge in [-0.3, -0.25) is 4.79 Å². The zero-order chi connectivity index (χ0) is 22.6. The van der Waals surface area contributed by atoms with E-state index in [-0.39, 0.29) is 22.6 Å². The van der Waals surface area contributed by atoms with Gasteiger partial charge in [0.25, 0.3) is 10.0 Å². The van der Waals surface area contributed by atoms with Gasteiger partial charge in [-0.05, 0) is 36.1 Å². The van der Waals surface area contributed by atoms with Crippen molar-refractivity contribution in [2.24, 2.45) is 5.92 Å². The Morgan fingerprint density at radius 3 is 2.09 bits per heavy atom. The Morgan fingerprint density at radius 2 is 1.56 bits per heavy atom. The van der Waals surface area contributed by atoms with Gasteiger partial charge in [-0.1, -0.05) is 72.3 Å². The average molecular weight is 489 g/mol. The van der Waals surface area contributed by atoms with Crippen LogP contribution >= 0.6 is 22.9 Å². The van der Waals surface area contributed by atoms with E-state index in [1.54, 1.807) is 6.07 Å². The molecule has 4 rings (SSSR count). The summed E-state index contributed by atoms with van der Waals surface area (Å²) in [7, 11) is -3.65. The van der Waals surface area contributed by atoms with E-state index in [1.807, 2.05) is 65.6 Å². The maximum Gasteiger partial charge on any atom is 0.252 e. The average Bonchev–Trinajstić information content (AvgIpc) is 3.27. The number of benzene rings is 2. The molecule has 1 aliphatic rings. The van der Waals surface area contributed by atoms with Gasteiger partial charge in [-0.2, -0.15) is 4.31 Å². The Bertz CT molecular complexity index is 1110. The van der Waals surface area contributed by atoms with Crippen LogP contribution in [0.5, 0.6) is 0 Å². The SMILES string of the molecule is O=C([C@@H]1CCCN(S(=O)(=O)c2ccc(Cl)s2)C1)N(Cc1ccccc1)Cc1ccccc1. The number of piperidine rings is 1. The third kappa shape index (κ3) is 5.41. The first-order valence-electron chi connectivity index (χ1n) is 10.6. The summed E-state index contributed by atoms with van der Waals surface area (Å²) >= 11 is 7.00. The summed E-state index contributed by atoms with van der Waals surface area (Å²) in [5, 5.41) is 0. The topological polar surface area (TPSA) is 57.7 Å². The number of thiophene rings is 1. The fourth-order valence-electron chi connectivity index (χ4n) is 4.00. The van der Waals surface area contributed by atoms with Gasteiger partial charge in [0, 0.05) is 26.2 Å². The van der Waals surface area contributed by atoms with E-state index < -0.39 is 10.0 Å². The van der Waals surface area contributed by atoms with Crippen molar-refractivity contribution in [3.05, 3.63) is 88.3 Å². The van der Waals surface area contributed by atoms with Gasteiger partial charge >= 0.3 is 0 Å². The highest BCUT2D eigenvalue weighted by atomic mass is 35.5. The molecule has 168 valence electrons. The van der Waals surface area contributed by atoms with Crippen molar-refractivity contribution in [3.8, 4) is 0 Å². The van der Waals surface area contributed by atoms with E-state index in [9.17, 15) is 13.2 Å². The largest absolute Gasteiger partial charge is 0.334 e. The highest BCUT2D eigenvalue weighted by molar-refractivity contribution is 7.91. The molecule has 0 unspecified atom stereocenters. The third-order valence-corrected chi connectivity index (χ3v) is 9.18. The first-order chi connectivity index (χ1) is 15.4. The molecule has 2 aromatic carbocycles. The Morgan fingerprint density at radius 1 is 0.969 bits per heavy atom. The highest BCUT2D eigenvalue weighted by Gasteiger charge is 2.35. The number of hydrogen-bond acceptors (Lipinski definition) is 4. The van der Waals surface area contributed by atoms with Crippen LogP contribution in [-0.4, -0.2) is 36.6 Å². The van der Waals surface area contributed by atoms with Crippen molar-refractivity contribution in [1.29, 1.82) is 0 Å². The molecule has 0 saturated carbocycles. The lowest BCUT2D eigenvalue weighted by atomic mass is 9.97. The van der Waals surface area contributed by atoms with Crippen LogP contribution in [0.2, 0.25) is 4.34 Å². The van der Waals surface area contributed by atoms with Gasteiger partial charge in [-0.15, -0.1) is 11.3 Å². The van der Waals surface area contributed by atoms with Crippen molar-refractivity contribution < 1.29 is 13.2 Å². The van der Waals surface area contributed by atoms with Crippen molar-refractivity contribution in [3.63, 3.8) is 0 Å². The van der Waals surface area contributed by atoms with Gasteiger partial charge in [-0.25, -0.2) is 8.42 Å². The van der Waals surface area contributed by atoms with Gasteiger partial charge in [0.1, 0.15) is 4.21 Å². The lowest BCUT2D eigenvalue weighted by Crippen LogP contribution is -2.46. The summed E-state index contributed by atoms with van der Waals surface area (Å²) in [5.41, 5.74) is 2.09. The van der Waals surface area contributed by atoms with E-state index in [0.29, 0.717) is 36.8 Å². The second-order valence-corrected chi connectivity index (χ2v) is 11.8. The molecule has 5 nitrogen and oxygen atoms in total. The molecule has 1 atom stereocenters. The Hall–Kier alpha value is -2.19. The number of carbonyl (C=O) groups is 1. The molecule has 0 N–H and O–H groups in total. The van der Waals surface area contributed by atoms with E-state index in [1.165, 1.54) is 10.4 Å². The van der Waals surface area contributed by atoms with Crippen molar-refractivity contribution in [1.82, 2.24) is 9.21 Å². The fourth-order valence-corrected chi connectivity index (χ4v) is 7.16. The number of sulfonamides is 1. The highest BCUT2D eigenvalue weighted by Crippen LogP contribution is 2.31. The summed E-state index contributed by atoms with van der Waals surface area (Å²) < 4.78 is 28.2. The predicted molar refractivity (Wildman–Crippen MR) is 128 cm³/mol. The molecule has 1 saturated heterocycles. The molecular formula is C24H25ClN2O3S2. The minimum absolute atomic E-state index is 0.0122. The number of rotatable bonds is 7. The van der Waals surface area contributed by atoms with Crippen LogP contribution < -0.4 is 0 Å². The van der Waals surface area contributed by atoms with Crippen LogP contribution in [0.3, 0.4) is 0 Å². The molecule has 1 fully saturated rings. The molecule has 1 aromatic heterocycles. The Kier molecular flexibility index (Phi) is 7.30. The predicted octanol–water partition coefficient (Wildman–Crippen LogP) is 5.03. The zero-order valence-corrected chi connectivity index (χ0v) is 20.0. The summed E-state index contributed by atoms with van der Waals surface area (Å²) in [5.74, 6) is -0.386. The summed E-state index contributed by atoms with van der Waals surface area (Å²) in [6.45, 7) is 1.58. The second-order valence-electron chi connectivity index (χ2n) is 7.93. The molecule has 8 heteroatoms. The molecule has 1 aliphatic heterocycles. The number of halogens is 1. The van der Waals surface area contributed by atoms with E-state index in [4.69, 9.17) is 11.6 Å². The molecular weight excluding hydrogens is 464 g/mol. The Balaban J connectivity index is 1.54. The van der Waals surface area contributed by atoms with Crippen molar-refractivity contribution >= 4 is 38.9 Å². The summed E-state index contributed by atoms with van der Waals surface area (Å²) in [6, 6.07) is 22.9. The van der Waals surface area contributed by atoms with Crippen molar-refractivity contribution in [2.45, 2.75) is 30.1 Å². The standard InChI is InChI=1S/C24H25ClN2O3S2/c25-22-13-14-23(31-22)32(29,30)27-15-7-12-21(18-27)24(28)26(16-19-8-3-1-4-9-19)17-20-10-5-2-6-11-20/h1-6,8-11,13-14,21H,7,12,15-18H2/t21-/m1/s1. The lowest BCUT2D eigenvalue weighted by molar-refractivity contribution is -0.138. The molecule has 1 amide bonds. The molecule has 32 heavy (non-hydrogen) atoms. The van der Waals surface area contributed by atoms with Gasteiger partial charge in [0.15, 0.2) is 0 Å². The summed E-state index contributed by atoms with van der Waals surface area (Å²) in [4.78, 5) is 15.4. The van der Waals surface area contributed by atoms with Crippen molar-refractivity contribution in [2.75, 3.05) is 13.1 Å². The first kappa shape index (κ1) is 23.0. The van der Waals surface area contributed by atoms with Crippen LogP contribution in [0.25, 0.3) is 0 Å². The number of amides is 1. The van der Waals surface area contributed by atoms with Crippen LogP contribution in [0, 0.1) is 5.92 Å². The van der Waals surface area contributed by atoms with Crippen LogP contribution in [0.4, 0.5) is 0 Å². The van der Waals surface area contributed by atoms with E-state index in [2.05, 4.69) is 0 Å². The lowest BCUT2D eigenvalue weighted by Gasteiger charge is -2.34. The minimum Gasteiger partial charge on any atom is -0.334 e. The smallest absolute Gasteiger partial charge is 0.252 e. The number of carbonyl (C=O) groups excluding carboxylic acids is 1. The minimum atomic E-state index is -3.65. The molecule has 0 radical (unpaired) electrons. The number of hydrogen-bond donors (Lipinski definition) is 0. The van der Waals surface area contributed by atoms with Gasteiger partial charge < -0.3 is 4.90 Å². The third-order valence-electron chi connectivity index (χ3n) is 5.62. The molecule has 0 aliphatic carbocycles. The monoisotopic (exact) mass is 488 g/mol. The fraction of sp³-hybridized carbons (Fsp3) is 0.292. The number of nitrogens with zero attached hydrogens (tertiary/aromatic N) is 2. The maximum absolute atomic E-state index is 13.6. The van der Waals surface area contributed by atoms with E-state index in [0.717, 1.165) is 22.5 Å². The summed E-state index contributed by atoms with van der Waals surface area (Å²) in [6.07, 6.45) is 1.33. The normalized spacial score (nSPS) is 17.2.